The summed E-state index contributed by atoms with van der Waals surface area (Å²) in [5, 5.41) is 1.01. The average Bonchev–Trinajstić information content (AvgIpc) is 2.18. The van der Waals surface area contributed by atoms with Crippen LogP contribution in [0.5, 0.6) is 0 Å². The summed E-state index contributed by atoms with van der Waals surface area (Å²) in [6.07, 6.45) is 3.46. The van der Waals surface area contributed by atoms with Gasteiger partial charge in [-0.3, -0.25) is 0 Å². The molecule has 0 aliphatic rings. The molecule has 0 aliphatic carbocycles. The first-order valence-corrected chi connectivity index (χ1v) is 4.60. The summed E-state index contributed by atoms with van der Waals surface area (Å²) < 4.78 is 4.36. The van der Waals surface area contributed by atoms with Crippen molar-refractivity contribution in [2.45, 2.75) is 0 Å². The minimum Gasteiger partial charge on any atom is -0.453 e. The zero-order valence-corrected chi connectivity index (χ0v) is 8.68. The van der Waals surface area contributed by atoms with E-state index in [0.29, 0.717) is 10.0 Å². The normalized spacial score (nSPS) is 10.4. The van der Waals surface area contributed by atoms with Gasteiger partial charge in [-0.05, 0) is 23.8 Å². The van der Waals surface area contributed by atoms with Gasteiger partial charge in [0, 0.05) is 0 Å². The van der Waals surface area contributed by atoms with Crippen molar-refractivity contribution in [1.82, 2.24) is 0 Å². The van der Waals surface area contributed by atoms with Gasteiger partial charge in [-0.15, -0.1) is 0 Å². The van der Waals surface area contributed by atoms with Crippen LogP contribution in [0, 0.1) is 0 Å². The maximum Gasteiger partial charge on any atom is 0.417 e. The highest BCUT2D eigenvalue weighted by Gasteiger charge is 1.95. The van der Waals surface area contributed by atoms with E-state index in [9.17, 15) is 4.79 Å². The molecule has 1 aromatic rings. The Morgan fingerprint density at radius 2 is 2.14 bits per heavy atom. The van der Waals surface area contributed by atoms with Crippen LogP contribution in [0.25, 0.3) is 6.08 Å². The third kappa shape index (κ3) is 3.40. The van der Waals surface area contributed by atoms with Gasteiger partial charge in [0.05, 0.1) is 10.0 Å². The van der Waals surface area contributed by atoms with Crippen molar-refractivity contribution in [2.75, 3.05) is 6.61 Å². The lowest BCUT2D eigenvalue weighted by molar-refractivity contribution is 0.314. The fourth-order valence-corrected chi connectivity index (χ4v) is 1.19. The summed E-state index contributed by atoms with van der Waals surface area (Å²) in [6.45, 7) is 1.52. The van der Waals surface area contributed by atoms with Gasteiger partial charge in [0.1, 0.15) is 6.61 Å². The van der Waals surface area contributed by atoms with Gasteiger partial charge in [-0.2, -0.15) is 0 Å². The smallest absolute Gasteiger partial charge is 0.417 e. The Hall–Kier alpha value is -0.990. The standard InChI is InChI=1S/C10H7Cl2O2/c11-9-4-3-8(6-10(9)12)2-1-5-14-7-13/h1-4,6H,5H2. The first kappa shape index (κ1) is 11.1. The lowest BCUT2D eigenvalue weighted by Crippen LogP contribution is -1.85. The fourth-order valence-electron chi connectivity index (χ4n) is 0.882. The van der Waals surface area contributed by atoms with Crippen LogP contribution in [0.3, 0.4) is 0 Å². The van der Waals surface area contributed by atoms with Gasteiger partial charge in [-0.1, -0.05) is 35.3 Å². The molecule has 0 bridgehead atoms. The summed E-state index contributed by atoms with van der Waals surface area (Å²) in [7, 11) is 0. The molecule has 14 heavy (non-hydrogen) atoms. The lowest BCUT2D eigenvalue weighted by Gasteiger charge is -1.97. The number of halogens is 2. The molecule has 0 saturated heterocycles. The second-order valence-electron chi connectivity index (χ2n) is 2.47. The highest BCUT2D eigenvalue weighted by atomic mass is 35.5. The summed E-state index contributed by atoms with van der Waals surface area (Å²) in [5.41, 5.74) is 0.897. The zero-order valence-electron chi connectivity index (χ0n) is 7.17. The van der Waals surface area contributed by atoms with E-state index in [0.717, 1.165) is 5.56 Å². The third-order valence-corrected chi connectivity index (χ3v) is 2.23. The van der Waals surface area contributed by atoms with E-state index < -0.39 is 0 Å². The zero-order chi connectivity index (χ0) is 10.4. The summed E-state index contributed by atoms with van der Waals surface area (Å²) in [6, 6.07) is 5.25. The van der Waals surface area contributed by atoms with Crippen LogP contribution in [-0.4, -0.2) is 13.1 Å². The largest absolute Gasteiger partial charge is 0.453 e. The minimum atomic E-state index is 0.198. The molecule has 4 heteroatoms. The van der Waals surface area contributed by atoms with Gasteiger partial charge >= 0.3 is 6.47 Å². The number of rotatable bonds is 4. The van der Waals surface area contributed by atoms with E-state index in [-0.39, 0.29) is 6.61 Å². The van der Waals surface area contributed by atoms with Crippen LogP contribution in [0.15, 0.2) is 24.3 Å². The second kappa shape index (κ2) is 5.68. The molecule has 0 saturated carbocycles. The third-order valence-electron chi connectivity index (χ3n) is 1.49. The van der Waals surface area contributed by atoms with Crippen LogP contribution >= 0.6 is 23.2 Å². The van der Waals surface area contributed by atoms with Crippen LogP contribution in [0.2, 0.25) is 10.0 Å². The van der Waals surface area contributed by atoms with Gasteiger partial charge in [0.25, 0.3) is 0 Å². The summed E-state index contributed by atoms with van der Waals surface area (Å²) in [4.78, 5) is 9.70. The molecule has 0 N–H and O–H groups in total. The molecule has 73 valence electrons. The van der Waals surface area contributed by atoms with E-state index in [4.69, 9.17) is 23.2 Å². The lowest BCUT2D eigenvalue weighted by atomic mass is 10.2. The van der Waals surface area contributed by atoms with Crippen LogP contribution in [0.4, 0.5) is 0 Å². The molecular formula is C10H7Cl2O2. The van der Waals surface area contributed by atoms with E-state index >= 15 is 0 Å². The number of hydrogen-bond acceptors (Lipinski definition) is 2. The predicted molar refractivity (Wildman–Crippen MR) is 57.1 cm³/mol. The van der Waals surface area contributed by atoms with Gasteiger partial charge in [-0.25, -0.2) is 4.79 Å². The highest BCUT2D eigenvalue weighted by Crippen LogP contribution is 2.22. The van der Waals surface area contributed by atoms with Gasteiger partial charge < -0.3 is 4.74 Å². The van der Waals surface area contributed by atoms with Crippen LogP contribution in [-0.2, 0) is 9.53 Å². The Morgan fingerprint density at radius 3 is 2.79 bits per heavy atom. The Bertz CT molecular complexity index is 348. The predicted octanol–water partition coefficient (Wildman–Crippen LogP) is 3.09. The monoisotopic (exact) mass is 229 g/mol. The molecule has 0 atom stereocenters. The molecule has 0 unspecified atom stereocenters. The van der Waals surface area contributed by atoms with E-state index in [1.165, 1.54) is 6.47 Å². The molecular weight excluding hydrogens is 223 g/mol. The summed E-state index contributed by atoms with van der Waals surface area (Å²) >= 11 is 11.5. The Balaban J connectivity index is 2.63. The number of benzene rings is 1. The summed E-state index contributed by atoms with van der Waals surface area (Å²) in [5.74, 6) is 0. The van der Waals surface area contributed by atoms with Crippen molar-refractivity contribution in [3.63, 3.8) is 0 Å². The highest BCUT2D eigenvalue weighted by molar-refractivity contribution is 6.42. The number of carbonyl (C=O) groups excluding carboxylic acids is 1. The van der Waals surface area contributed by atoms with E-state index in [1.54, 1.807) is 24.3 Å². The van der Waals surface area contributed by atoms with E-state index in [1.807, 2.05) is 6.07 Å². The molecule has 0 amide bonds. The van der Waals surface area contributed by atoms with Crippen molar-refractivity contribution < 1.29 is 9.53 Å². The molecule has 0 aromatic heterocycles. The number of hydrogen-bond donors (Lipinski definition) is 0. The van der Waals surface area contributed by atoms with Crippen LogP contribution in [0.1, 0.15) is 5.56 Å². The molecule has 0 fully saturated rings. The minimum absolute atomic E-state index is 0.198. The molecule has 2 nitrogen and oxygen atoms in total. The van der Waals surface area contributed by atoms with Crippen molar-refractivity contribution in [2.24, 2.45) is 0 Å². The van der Waals surface area contributed by atoms with Crippen molar-refractivity contribution in [3.05, 3.63) is 39.9 Å². The SMILES string of the molecule is O=[C]OCC=Cc1ccc(Cl)c(Cl)c1. The molecule has 0 heterocycles. The van der Waals surface area contributed by atoms with Crippen LogP contribution < -0.4 is 0 Å². The molecule has 1 radical (unpaired) electrons. The van der Waals surface area contributed by atoms with Crippen molar-refractivity contribution in [3.8, 4) is 0 Å². The number of ether oxygens (including phenoxy) is 1. The topological polar surface area (TPSA) is 26.3 Å². The Labute approximate surface area is 92.1 Å². The first-order chi connectivity index (χ1) is 6.74. The molecule has 1 rings (SSSR count). The maximum absolute atomic E-state index is 9.70. The fraction of sp³-hybridized carbons (Fsp3) is 0.100. The Kier molecular flexibility index (Phi) is 4.50. The second-order valence-corrected chi connectivity index (χ2v) is 3.28. The van der Waals surface area contributed by atoms with Gasteiger partial charge in [0.2, 0.25) is 0 Å². The molecule has 1 aromatic carbocycles. The molecule has 0 spiro atoms. The average molecular weight is 230 g/mol. The quantitative estimate of drug-likeness (QED) is 0.743. The van der Waals surface area contributed by atoms with E-state index in [2.05, 4.69) is 4.74 Å². The van der Waals surface area contributed by atoms with Crippen molar-refractivity contribution in [1.29, 1.82) is 0 Å². The van der Waals surface area contributed by atoms with Crippen molar-refractivity contribution >= 4 is 35.8 Å². The first-order valence-electron chi connectivity index (χ1n) is 3.84. The maximum atomic E-state index is 9.70. The molecule has 0 aliphatic heterocycles. The Morgan fingerprint density at radius 1 is 1.36 bits per heavy atom. The van der Waals surface area contributed by atoms with Gasteiger partial charge in [0.15, 0.2) is 0 Å².